The van der Waals surface area contributed by atoms with Crippen LogP contribution >= 0.6 is 0 Å². The number of rotatable bonds is 8. The van der Waals surface area contributed by atoms with E-state index < -0.39 is 0 Å². The number of nitrogens with one attached hydrogen (secondary N) is 1. The lowest BCUT2D eigenvalue weighted by Crippen LogP contribution is -2.30. The molecule has 7 heteroatoms. The second-order valence-electron chi connectivity index (χ2n) is 7.46. The minimum absolute atomic E-state index is 0.160. The molecule has 0 saturated carbocycles. The number of aryl methyl sites for hydroxylation is 1. The number of benzene rings is 3. The van der Waals surface area contributed by atoms with E-state index in [-0.39, 0.29) is 11.9 Å². The summed E-state index contributed by atoms with van der Waals surface area (Å²) in [5.41, 5.74) is 4.25. The molecule has 1 aromatic heterocycles. The summed E-state index contributed by atoms with van der Waals surface area (Å²) in [5.74, 6) is 1.41. The number of fused-ring (bicyclic) bond motifs is 1. The smallest absolute Gasteiger partial charge is 0.251 e. The molecule has 0 radical (unpaired) electrons. The van der Waals surface area contributed by atoms with Crippen molar-refractivity contribution in [3.8, 4) is 11.5 Å². The van der Waals surface area contributed by atoms with E-state index in [1.54, 1.807) is 25.0 Å². The van der Waals surface area contributed by atoms with Crippen LogP contribution in [0.1, 0.15) is 34.5 Å². The molecule has 0 aliphatic heterocycles. The first kappa shape index (κ1) is 21.4. The number of ether oxygens (including phenoxy) is 2. The lowest BCUT2D eigenvalue weighted by Gasteiger charge is -2.20. The molecule has 1 atom stereocenters. The Balaban J connectivity index is 1.60. The number of aromatic nitrogens is 3. The van der Waals surface area contributed by atoms with Gasteiger partial charge in [0.25, 0.3) is 5.91 Å². The topological polar surface area (TPSA) is 78.3 Å². The summed E-state index contributed by atoms with van der Waals surface area (Å²) in [7, 11) is 3.28. The van der Waals surface area contributed by atoms with Crippen LogP contribution in [0, 0.1) is 0 Å². The Kier molecular flexibility index (Phi) is 6.35. The monoisotopic (exact) mass is 430 g/mol. The van der Waals surface area contributed by atoms with Crippen LogP contribution in [0.25, 0.3) is 11.0 Å². The molecule has 0 bridgehead atoms. The largest absolute Gasteiger partial charge is 0.497 e. The van der Waals surface area contributed by atoms with Gasteiger partial charge in [-0.1, -0.05) is 29.5 Å². The molecule has 0 fully saturated rings. The van der Waals surface area contributed by atoms with Crippen LogP contribution in [0.2, 0.25) is 0 Å². The number of carbonyl (C=O) groups is 1. The van der Waals surface area contributed by atoms with Gasteiger partial charge in [0.1, 0.15) is 17.0 Å². The number of amides is 1. The zero-order valence-corrected chi connectivity index (χ0v) is 18.4. The highest BCUT2D eigenvalue weighted by Crippen LogP contribution is 2.24. The number of nitrogens with zero attached hydrogens (tertiary/aromatic N) is 3. The van der Waals surface area contributed by atoms with Crippen molar-refractivity contribution in [1.82, 2.24) is 20.3 Å². The number of hydrogen-bond acceptors (Lipinski definition) is 5. The highest BCUT2D eigenvalue weighted by molar-refractivity contribution is 5.97. The summed E-state index contributed by atoms with van der Waals surface area (Å²) in [6, 6.07) is 20.9. The molecule has 0 aliphatic rings. The van der Waals surface area contributed by atoms with Crippen LogP contribution in [0.3, 0.4) is 0 Å². The van der Waals surface area contributed by atoms with Gasteiger partial charge in [-0.05, 0) is 66.9 Å². The van der Waals surface area contributed by atoms with Gasteiger partial charge in [-0.2, -0.15) is 0 Å². The summed E-state index contributed by atoms with van der Waals surface area (Å²) in [5, 5.41) is 11.5. The van der Waals surface area contributed by atoms with Crippen LogP contribution in [-0.4, -0.2) is 35.1 Å². The molecular weight excluding hydrogens is 404 g/mol. The fraction of sp³-hybridized carbons (Fsp3) is 0.240. The molecule has 7 nitrogen and oxygen atoms in total. The number of carbonyl (C=O) groups excluding carboxylic acids is 1. The van der Waals surface area contributed by atoms with Crippen LogP contribution in [0.15, 0.2) is 66.7 Å². The molecule has 3 aromatic carbocycles. The summed E-state index contributed by atoms with van der Waals surface area (Å²) < 4.78 is 12.3. The van der Waals surface area contributed by atoms with Gasteiger partial charge in [0.05, 0.1) is 25.8 Å². The minimum atomic E-state index is -0.219. The van der Waals surface area contributed by atoms with Crippen molar-refractivity contribution in [3.05, 3.63) is 83.4 Å². The second kappa shape index (κ2) is 9.51. The van der Waals surface area contributed by atoms with Gasteiger partial charge in [-0.3, -0.25) is 4.79 Å². The van der Waals surface area contributed by atoms with Crippen molar-refractivity contribution in [1.29, 1.82) is 0 Å². The first-order valence-corrected chi connectivity index (χ1v) is 10.5. The molecule has 1 N–H and O–H groups in total. The van der Waals surface area contributed by atoms with Gasteiger partial charge in [-0.25, -0.2) is 4.68 Å². The molecular formula is C25H26N4O3. The maximum Gasteiger partial charge on any atom is 0.251 e. The van der Waals surface area contributed by atoms with Crippen LogP contribution in [0.4, 0.5) is 0 Å². The molecule has 1 amide bonds. The van der Waals surface area contributed by atoms with Crippen LogP contribution in [0.5, 0.6) is 11.5 Å². The first-order valence-electron chi connectivity index (χ1n) is 10.5. The molecule has 4 rings (SSSR count). The van der Waals surface area contributed by atoms with E-state index in [1.807, 2.05) is 67.6 Å². The summed E-state index contributed by atoms with van der Waals surface area (Å²) in [6.45, 7) is 2.73. The van der Waals surface area contributed by atoms with E-state index >= 15 is 0 Å². The van der Waals surface area contributed by atoms with E-state index in [9.17, 15) is 4.79 Å². The van der Waals surface area contributed by atoms with Crippen molar-refractivity contribution in [2.75, 3.05) is 14.2 Å². The zero-order valence-electron chi connectivity index (χ0n) is 18.4. The summed E-state index contributed by atoms with van der Waals surface area (Å²) >= 11 is 0. The van der Waals surface area contributed by atoms with Crippen molar-refractivity contribution in [2.45, 2.75) is 25.9 Å². The van der Waals surface area contributed by atoms with E-state index in [0.717, 1.165) is 34.7 Å². The third-order valence-electron chi connectivity index (χ3n) is 5.50. The Morgan fingerprint density at radius 3 is 2.25 bits per heavy atom. The molecule has 0 saturated heterocycles. The molecule has 4 aromatic rings. The highest BCUT2D eigenvalue weighted by Gasteiger charge is 2.18. The SMILES string of the molecule is CCn1nnc2cc(C(=O)N[C@H](Cc3ccc(OC)cc3)c3ccc(OC)cc3)ccc21. The Labute approximate surface area is 187 Å². The predicted octanol–water partition coefficient (Wildman–Crippen LogP) is 4.18. The van der Waals surface area contributed by atoms with Gasteiger partial charge in [-0.15, -0.1) is 5.10 Å². The Hall–Kier alpha value is -3.87. The maximum absolute atomic E-state index is 13.2. The molecule has 0 spiro atoms. The molecule has 1 heterocycles. The van der Waals surface area contributed by atoms with E-state index in [4.69, 9.17) is 9.47 Å². The molecule has 0 aliphatic carbocycles. The molecule has 0 unspecified atom stereocenters. The molecule has 32 heavy (non-hydrogen) atoms. The van der Waals surface area contributed by atoms with Gasteiger partial charge >= 0.3 is 0 Å². The first-order chi connectivity index (χ1) is 15.6. The number of hydrogen-bond donors (Lipinski definition) is 1. The lowest BCUT2D eigenvalue weighted by molar-refractivity contribution is 0.0936. The average Bonchev–Trinajstić information content (AvgIpc) is 3.26. The second-order valence-corrected chi connectivity index (χ2v) is 7.46. The lowest BCUT2D eigenvalue weighted by atomic mass is 9.98. The molecule has 164 valence electrons. The fourth-order valence-electron chi connectivity index (χ4n) is 3.67. The van der Waals surface area contributed by atoms with Crippen molar-refractivity contribution in [2.24, 2.45) is 0 Å². The minimum Gasteiger partial charge on any atom is -0.497 e. The maximum atomic E-state index is 13.2. The highest BCUT2D eigenvalue weighted by atomic mass is 16.5. The van der Waals surface area contributed by atoms with Crippen molar-refractivity contribution < 1.29 is 14.3 Å². The van der Waals surface area contributed by atoms with Gasteiger partial charge < -0.3 is 14.8 Å². The fourth-order valence-corrected chi connectivity index (χ4v) is 3.67. The third kappa shape index (κ3) is 4.56. The standard InChI is InChI=1S/C25H26N4O3/c1-4-29-24-14-9-19(16-23(24)27-28-29)25(30)26-22(18-7-12-21(32-3)13-8-18)15-17-5-10-20(31-2)11-6-17/h5-14,16,22H,4,15H2,1-3H3,(H,26,30)/t22-/m1/s1. The van der Waals surface area contributed by atoms with E-state index in [0.29, 0.717) is 17.5 Å². The van der Waals surface area contributed by atoms with Crippen molar-refractivity contribution in [3.63, 3.8) is 0 Å². The van der Waals surface area contributed by atoms with E-state index in [2.05, 4.69) is 15.6 Å². The third-order valence-corrected chi connectivity index (χ3v) is 5.50. The van der Waals surface area contributed by atoms with Gasteiger partial charge in [0.2, 0.25) is 0 Å². The summed E-state index contributed by atoms with van der Waals surface area (Å²) in [6.07, 6.45) is 0.635. The van der Waals surface area contributed by atoms with Gasteiger partial charge in [0, 0.05) is 12.1 Å². The zero-order chi connectivity index (χ0) is 22.5. The van der Waals surface area contributed by atoms with Crippen LogP contribution in [-0.2, 0) is 13.0 Å². The van der Waals surface area contributed by atoms with E-state index in [1.165, 1.54) is 0 Å². The predicted molar refractivity (Wildman–Crippen MR) is 123 cm³/mol. The Morgan fingerprint density at radius 2 is 1.62 bits per heavy atom. The van der Waals surface area contributed by atoms with Gasteiger partial charge in [0.15, 0.2) is 0 Å². The Morgan fingerprint density at radius 1 is 0.969 bits per heavy atom. The number of methoxy groups -OCH3 is 2. The average molecular weight is 431 g/mol. The normalized spacial score (nSPS) is 11.8. The quantitative estimate of drug-likeness (QED) is 0.454. The summed E-state index contributed by atoms with van der Waals surface area (Å²) in [4.78, 5) is 13.2. The van der Waals surface area contributed by atoms with Crippen molar-refractivity contribution >= 4 is 16.9 Å². The van der Waals surface area contributed by atoms with Crippen LogP contribution < -0.4 is 14.8 Å². The Bertz CT molecular complexity index is 1200.